The molecule has 1 aromatic heterocycles. The monoisotopic (exact) mass is 318 g/mol. The number of carbonyl (C=O) groups is 2. The summed E-state index contributed by atoms with van der Waals surface area (Å²) in [4.78, 5) is 23.8. The maximum absolute atomic E-state index is 11.7. The fourth-order valence-corrected chi connectivity index (χ4v) is 2.75. The average Bonchev–Trinajstić information content (AvgIpc) is 2.92. The molecular weight excluding hydrogens is 300 g/mol. The summed E-state index contributed by atoms with van der Waals surface area (Å²) in [5.41, 5.74) is 0. The van der Waals surface area contributed by atoms with Crippen LogP contribution in [0.5, 0.6) is 0 Å². The van der Waals surface area contributed by atoms with Gasteiger partial charge in [-0.15, -0.1) is 11.3 Å². The normalized spacial score (nSPS) is 11.2. The van der Waals surface area contributed by atoms with E-state index in [2.05, 4.69) is 10.0 Å². The van der Waals surface area contributed by atoms with E-state index in [9.17, 15) is 18.0 Å². The number of sulfonamides is 1. The van der Waals surface area contributed by atoms with Crippen LogP contribution in [-0.2, 0) is 14.8 Å². The Kier molecular flexibility index (Phi) is 6.83. The number of carbonyl (C=O) groups excluding carboxylic acids is 2. The highest BCUT2D eigenvalue weighted by molar-refractivity contribution is 7.89. The number of rotatable bonds is 9. The van der Waals surface area contributed by atoms with Gasteiger partial charge in [-0.2, -0.15) is 0 Å². The highest BCUT2D eigenvalue weighted by Gasteiger charge is 2.10. The Morgan fingerprint density at radius 1 is 1.30 bits per heavy atom. The predicted octanol–water partition coefficient (Wildman–Crippen LogP) is 0.766. The van der Waals surface area contributed by atoms with Gasteiger partial charge in [0.2, 0.25) is 15.9 Å². The fourth-order valence-electron chi connectivity index (χ4n) is 1.49. The molecule has 0 saturated carbocycles. The Labute approximate surface area is 122 Å². The lowest BCUT2D eigenvalue weighted by Crippen LogP contribution is -2.32. The van der Waals surface area contributed by atoms with Crippen molar-refractivity contribution in [3.05, 3.63) is 22.4 Å². The van der Waals surface area contributed by atoms with Gasteiger partial charge in [0.05, 0.1) is 10.6 Å². The molecule has 0 atom stereocenters. The molecule has 0 aliphatic carbocycles. The first-order valence-electron chi connectivity index (χ1n) is 6.19. The molecule has 0 saturated heterocycles. The van der Waals surface area contributed by atoms with Crippen LogP contribution in [0.3, 0.4) is 0 Å². The van der Waals surface area contributed by atoms with Crippen molar-refractivity contribution in [3.8, 4) is 0 Å². The number of nitrogens with one attached hydrogen (secondary N) is 2. The molecule has 2 N–H and O–H groups in total. The van der Waals surface area contributed by atoms with Crippen LogP contribution in [0.15, 0.2) is 17.5 Å². The number of hydrogen-bond donors (Lipinski definition) is 2. The molecule has 0 aromatic carbocycles. The Hall–Kier alpha value is -1.25. The molecule has 20 heavy (non-hydrogen) atoms. The summed E-state index contributed by atoms with van der Waals surface area (Å²) in [7, 11) is -1.97. The molecule has 0 radical (unpaired) electrons. The fraction of sp³-hybridized carbons (Fsp3) is 0.500. The highest BCUT2D eigenvalue weighted by Crippen LogP contribution is 2.12. The lowest BCUT2D eigenvalue weighted by Gasteiger charge is -2.05. The van der Waals surface area contributed by atoms with E-state index in [4.69, 9.17) is 0 Å². The minimum Gasteiger partial charge on any atom is -0.355 e. The molecule has 0 fully saturated rings. The van der Waals surface area contributed by atoms with Crippen LogP contribution in [0.2, 0.25) is 0 Å². The smallest absolute Gasteiger partial charge is 0.220 e. The molecule has 0 unspecified atom stereocenters. The second-order valence-electron chi connectivity index (χ2n) is 4.13. The average molecular weight is 318 g/mol. The largest absolute Gasteiger partial charge is 0.355 e. The molecular formula is C12H18N2O4S2. The predicted molar refractivity (Wildman–Crippen MR) is 78.4 cm³/mol. The van der Waals surface area contributed by atoms with Crippen molar-refractivity contribution in [2.45, 2.75) is 19.3 Å². The first kappa shape index (κ1) is 16.8. The second-order valence-corrected chi connectivity index (χ2v) is 7.12. The van der Waals surface area contributed by atoms with Crippen molar-refractivity contribution < 1.29 is 18.0 Å². The van der Waals surface area contributed by atoms with Crippen LogP contribution in [0, 0.1) is 0 Å². The van der Waals surface area contributed by atoms with Crippen LogP contribution in [-0.4, -0.2) is 39.5 Å². The minimum absolute atomic E-state index is 0.0329. The Balaban J connectivity index is 2.16. The third kappa shape index (κ3) is 6.27. The maximum Gasteiger partial charge on any atom is 0.220 e. The van der Waals surface area contributed by atoms with E-state index in [1.54, 1.807) is 6.07 Å². The molecule has 1 heterocycles. The lowest BCUT2D eigenvalue weighted by molar-refractivity contribution is -0.121. The molecule has 8 heteroatoms. The first-order chi connectivity index (χ1) is 9.44. The summed E-state index contributed by atoms with van der Waals surface area (Å²) in [5, 5.41) is 4.35. The summed E-state index contributed by atoms with van der Waals surface area (Å²) < 4.78 is 24.4. The molecule has 1 aromatic rings. The van der Waals surface area contributed by atoms with Gasteiger partial charge >= 0.3 is 0 Å². The van der Waals surface area contributed by atoms with Gasteiger partial charge in [0.15, 0.2) is 5.78 Å². The second kappa shape index (κ2) is 8.13. The van der Waals surface area contributed by atoms with Crippen molar-refractivity contribution in [3.63, 3.8) is 0 Å². The number of ketones is 1. The van der Waals surface area contributed by atoms with Crippen molar-refractivity contribution in [1.82, 2.24) is 10.0 Å². The molecule has 1 rings (SSSR count). The maximum atomic E-state index is 11.7. The number of thiophene rings is 1. The topological polar surface area (TPSA) is 92.3 Å². The van der Waals surface area contributed by atoms with E-state index in [-0.39, 0.29) is 30.4 Å². The summed E-state index contributed by atoms with van der Waals surface area (Å²) in [6, 6.07) is 3.57. The van der Waals surface area contributed by atoms with Gasteiger partial charge < -0.3 is 5.32 Å². The Morgan fingerprint density at radius 3 is 2.65 bits per heavy atom. The zero-order valence-corrected chi connectivity index (χ0v) is 12.9. The van der Waals surface area contributed by atoms with Gasteiger partial charge in [0.1, 0.15) is 0 Å². The lowest BCUT2D eigenvalue weighted by atomic mass is 10.1. The van der Waals surface area contributed by atoms with Crippen LogP contribution >= 0.6 is 11.3 Å². The highest BCUT2D eigenvalue weighted by atomic mass is 32.2. The number of Topliss-reactive ketones (excluding diaryl/α,β-unsaturated/α-hetero) is 1. The summed E-state index contributed by atoms with van der Waals surface area (Å²) >= 11 is 1.39. The molecule has 0 spiro atoms. The van der Waals surface area contributed by atoms with Crippen LogP contribution < -0.4 is 10.0 Å². The standard InChI is InChI=1S/C12H18N2O4S2/c1-13-20(17,18)9-7-14-12(16)6-2-4-10(15)11-5-3-8-19-11/h3,5,8,13H,2,4,6-7,9H2,1H3,(H,14,16). The SMILES string of the molecule is CNS(=O)(=O)CCNC(=O)CCCC(=O)c1cccs1. The Morgan fingerprint density at radius 2 is 2.05 bits per heavy atom. The van der Waals surface area contributed by atoms with E-state index < -0.39 is 10.0 Å². The molecule has 0 aliphatic heterocycles. The molecule has 6 nitrogen and oxygen atoms in total. The molecule has 0 aliphatic rings. The van der Waals surface area contributed by atoms with Crippen molar-refractivity contribution in [1.29, 1.82) is 0 Å². The molecule has 0 bridgehead atoms. The van der Waals surface area contributed by atoms with Gasteiger partial charge in [-0.3, -0.25) is 9.59 Å². The number of hydrogen-bond acceptors (Lipinski definition) is 5. The van der Waals surface area contributed by atoms with Gasteiger partial charge in [0.25, 0.3) is 0 Å². The van der Waals surface area contributed by atoms with E-state index in [1.165, 1.54) is 18.4 Å². The van der Waals surface area contributed by atoms with Crippen LogP contribution in [0.4, 0.5) is 0 Å². The first-order valence-corrected chi connectivity index (χ1v) is 8.72. The molecule has 112 valence electrons. The zero-order chi connectivity index (χ0) is 15.0. The van der Waals surface area contributed by atoms with E-state index in [1.807, 2.05) is 11.4 Å². The molecule has 1 amide bonds. The summed E-state index contributed by atoms with van der Waals surface area (Å²) in [6.07, 6.45) is 1.00. The quantitative estimate of drug-likeness (QED) is 0.658. The summed E-state index contributed by atoms with van der Waals surface area (Å²) in [6.45, 7) is 0.0703. The van der Waals surface area contributed by atoms with E-state index in [0.717, 1.165) is 0 Å². The van der Waals surface area contributed by atoms with E-state index >= 15 is 0 Å². The Bertz CT molecular complexity index is 538. The summed E-state index contributed by atoms with van der Waals surface area (Å²) in [5.74, 6) is -0.357. The zero-order valence-electron chi connectivity index (χ0n) is 11.2. The van der Waals surface area contributed by atoms with Gasteiger partial charge in [-0.1, -0.05) is 6.07 Å². The van der Waals surface area contributed by atoms with Gasteiger partial charge in [-0.05, 0) is 24.9 Å². The van der Waals surface area contributed by atoms with Gasteiger partial charge in [-0.25, -0.2) is 13.1 Å². The van der Waals surface area contributed by atoms with Crippen LogP contribution in [0.25, 0.3) is 0 Å². The third-order valence-electron chi connectivity index (χ3n) is 2.61. The third-order valence-corrected chi connectivity index (χ3v) is 4.88. The van der Waals surface area contributed by atoms with Crippen molar-refractivity contribution in [2.75, 3.05) is 19.3 Å². The van der Waals surface area contributed by atoms with E-state index in [0.29, 0.717) is 17.7 Å². The van der Waals surface area contributed by atoms with Crippen molar-refractivity contribution >= 4 is 33.1 Å². The minimum atomic E-state index is -3.30. The van der Waals surface area contributed by atoms with Crippen molar-refractivity contribution in [2.24, 2.45) is 0 Å². The van der Waals surface area contributed by atoms with Crippen LogP contribution in [0.1, 0.15) is 28.9 Å². The number of amides is 1. The van der Waals surface area contributed by atoms with Gasteiger partial charge in [0, 0.05) is 19.4 Å².